The van der Waals surface area contributed by atoms with E-state index in [9.17, 15) is 9.59 Å². The molecule has 1 aromatic carbocycles. The number of amides is 1. The van der Waals surface area contributed by atoms with Gasteiger partial charge in [-0.3, -0.25) is 14.6 Å². The number of aryl methyl sites for hydroxylation is 1. The predicted molar refractivity (Wildman–Crippen MR) is 115 cm³/mol. The Morgan fingerprint density at radius 3 is 2.75 bits per heavy atom. The van der Waals surface area contributed by atoms with Crippen molar-refractivity contribution in [1.82, 2.24) is 10.3 Å². The van der Waals surface area contributed by atoms with Gasteiger partial charge in [0.05, 0.1) is 22.3 Å². The Kier molecular flexibility index (Phi) is 8.32. The Morgan fingerprint density at radius 2 is 2.07 bits per heavy atom. The van der Waals surface area contributed by atoms with Gasteiger partial charge in [0.15, 0.2) is 0 Å². The van der Waals surface area contributed by atoms with Crippen molar-refractivity contribution in [3.05, 3.63) is 34.3 Å². The van der Waals surface area contributed by atoms with Crippen LogP contribution in [-0.4, -0.2) is 34.7 Å². The van der Waals surface area contributed by atoms with Gasteiger partial charge in [-0.15, -0.1) is 11.3 Å². The van der Waals surface area contributed by atoms with Gasteiger partial charge in [-0.25, -0.2) is 4.98 Å². The molecular formula is C21H27N3O3S. The van der Waals surface area contributed by atoms with Gasteiger partial charge in [0, 0.05) is 24.7 Å². The number of rotatable bonds is 10. The number of benzene rings is 1. The van der Waals surface area contributed by atoms with Crippen LogP contribution in [0, 0.1) is 6.92 Å². The van der Waals surface area contributed by atoms with E-state index in [1.165, 1.54) is 11.3 Å². The number of thiazole rings is 1. The fourth-order valence-electron chi connectivity index (χ4n) is 2.76. The first-order valence-electron chi connectivity index (χ1n) is 9.56. The van der Waals surface area contributed by atoms with E-state index < -0.39 is 5.97 Å². The maximum Gasteiger partial charge on any atom is 0.303 e. The summed E-state index contributed by atoms with van der Waals surface area (Å²) in [5, 5.41) is 12.1. The molecule has 2 aromatic rings. The third-order valence-corrected chi connectivity index (χ3v) is 5.08. The minimum absolute atomic E-state index is 0.0532. The predicted octanol–water partition coefficient (Wildman–Crippen LogP) is 4.36. The van der Waals surface area contributed by atoms with Crippen LogP contribution in [0.4, 0.5) is 0 Å². The van der Waals surface area contributed by atoms with Crippen molar-refractivity contribution in [3.8, 4) is 0 Å². The van der Waals surface area contributed by atoms with Gasteiger partial charge in [-0.1, -0.05) is 19.9 Å². The Balaban J connectivity index is 2.15. The second-order valence-corrected chi connectivity index (χ2v) is 7.60. The van der Waals surface area contributed by atoms with Crippen molar-refractivity contribution in [2.24, 2.45) is 4.99 Å². The highest BCUT2D eigenvalue weighted by molar-refractivity contribution is 7.18. The second-order valence-electron chi connectivity index (χ2n) is 6.48. The number of carbonyl (C=O) groups excluding carboxylic acids is 1. The molecule has 1 aromatic heterocycles. The van der Waals surface area contributed by atoms with Crippen LogP contribution >= 0.6 is 11.3 Å². The van der Waals surface area contributed by atoms with Crippen LogP contribution in [0.1, 0.15) is 55.7 Å². The summed E-state index contributed by atoms with van der Waals surface area (Å²) in [6, 6.07) is 4.14. The lowest BCUT2D eigenvalue weighted by atomic mass is 10.0. The van der Waals surface area contributed by atoms with E-state index in [0.717, 1.165) is 44.9 Å². The van der Waals surface area contributed by atoms with Crippen molar-refractivity contribution in [1.29, 1.82) is 0 Å². The number of aromatic nitrogens is 1. The molecule has 1 heterocycles. The van der Waals surface area contributed by atoms with Crippen molar-refractivity contribution in [2.75, 3.05) is 6.54 Å². The molecule has 2 rings (SSSR count). The SMILES string of the molecule is CCC=N/C(=C\CC)c1cc2sc(CC(=O)NCCCC(=O)O)nc2cc1C. The monoisotopic (exact) mass is 401 g/mol. The standard InChI is InChI=1S/C21H27N3O3S/c1-4-7-16(22-9-5-2)15-12-18-17(11-14(15)3)24-20(28-18)13-19(25)23-10-6-8-21(26)27/h7,9,11-12H,4-6,8,10,13H2,1-3H3,(H,23,25)(H,26,27)/b16-7-,22-9?. The molecule has 0 fully saturated rings. The zero-order valence-electron chi connectivity index (χ0n) is 16.6. The average molecular weight is 402 g/mol. The number of carboxylic acids is 1. The number of hydrogen-bond donors (Lipinski definition) is 2. The van der Waals surface area contributed by atoms with Crippen LogP contribution in [0.2, 0.25) is 0 Å². The molecule has 2 N–H and O–H groups in total. The number of aliphatic carboxylic acids is 1. The summed E-state index contributed by atoms with van der Waals surface area (Å²) in [7, 11) is 0. The first-order valence-corrected chi connectivity index (χ1v) is 10.4. The zero-order chi connectivity index (χ0) is 20.5. The molecule has 150 valence electrons. The van der Waals surface area contributed by atoms with Crippen molar-refractivity contribution < 1.29 is 14.7 Å². The van der Waals surface area contributed by atoms with Crippen LogP contribution in [0.3, 0.4) is 0 Å². The largest absolute Gasteiger partial charge is 0.481 e. The molecule has 1 amide bonds. The highest BCUT2D eigenvalue weighted by atomic mass is 32.1. The minimum Gasteiger partial charge on any atom is -0.481 e. The summed E-state index contributed by atoms with van der Waals surface area (Å²) in [6.45, 7) is 6.56. The number of aliphatic imine (C=N–C) groups is 1. The lowest BCUT2D eigenvalue weighted by molar-refractivity contribution is -0.137. The highest BCUT2D eigenvalue weighted by Crippen LogP contribution is 2.30. The number of allylic oxidation sites excluding steroid dienone is 1. The molecular weight excluding hydrogens is 374 g/mol. The summed E-state index contributed by atoms with van der Waals surface area (Å²) in [6.07, 6.45) is 6.50. The van der Waals surface area contributed by atoms with Crippen LogP contribution in [-0.2, 0) is 16.0 Å². The first kappa shape index (κ1) is 21.8. The Morgan fingerprint density at radius 1 is 1.29 bits per heavy atom. The Bertz CT molecular complexity index is 900. The molecule has 7 heteroatoms. The Hall–Kier alpha value is -2.54. The maximum absolute atomic E-state index is 12.1. The number of carbonyl (C=O) groups is 2. The summed E-state index contributed by atoms with van der Waals surface area (Å²) in [4.78, 5) is 31.7. The molecule has 0 aliphatic carbocycles. The molecule has 0 radical (unpaired) electrons. The van der Waals surface area contributed by atoms with Crippen LogP contribution in [0.15, 0.2) is 23.2 Å². The van der Waals surface area contributed by atoms with Gasteiger partial charge in [0.2, 0.25) is 5.91 Å². The van der Waals surface area contributed by atoms with Crippen LogP contribution in [0.25, 0.3) is 15.9 Å². The third kappa shape index (κ3) is 6.27. The third-order valence-electron chi connectivity index (χ3n) is 4.07. The number of hydrogen-bond acceptors (Lipinski definition) is 5. The molecule has 0 spiro atoms. The second kappa shape index (κ2) is 10.7. The number of nitrogens with zero attached hydrogens (tertiary/aromatic N) is 2. The maximum atomic E-state index is 12.1. The Labute approximate surface area is 169 Å². The molecule has 0 bridgehead atoms. The topological polar surface area (TPSA) is 91.7 Å². The number of nitrogens with one attached hydrogen (secondary N) is 1. The van der Waals surface area contributed by atoms with E-state index in [-0.39, 0.29) is 18.7 Å². The summed E-state index contributed by atoms with van der Waals surface area (Å²) in [5.74, 6) is -0.994. The molecule has 0 aliphatic rings. The van der Waals surface area contributed by atoms with Crippen molar-refractivity contribution >= 4 is 45.3 Å². The quantitative estimate of drug-likeness (QED) is 0.457. The van der Waals surface area contributed by atoms with Crippen molar-refractivity contribution in [2.45, 2.75) is 52.9 Å². The van der Waals surface area contributed by atoms with Gasteiger partial charge in [0.25, 0.3) is 0 Å². The van der Waals surface area contributed by atoms with Gasteiger partial charge < -0.3 is 10.4 Å². The first-order chi connectivity index (χ1) is 13.4. The summed E-state index contributed by atoms with van der Waals surface area (Å²) >= 11 is 1.51. The van der Waals surface area contributed by atoms with Crippen LogP contribution in [0.5, 0.6) is 0 Å². The van der Waals surface area contributed by atoms with E-state index in [1.807, 2.05) is 19.2 Å². The summed E-state index contributed by atoms with van der Waals surface area (Å²) < 4.78 is 1.03. The zero-order valence-corrected chi connectivity index (χ0v) is 17.4. The molecule has 0 unspecified atom stereocenters. The van der Waals surface area contributed by atoms with E-state index >= 15 is 0 Å². The average Bonchev–Trinajstić information content (AvgIpc) is 3.02. The fourth-order valence-corrected chi connectivity index (χ4v) is 3.75. The van der Waals surface area contributed by atoms with Crippen LogP contribution < -0.4 is 5.32 Å². The fraction of sp³-hybridized carbons (Fsp3) is 0.429. The normalized spacial score (nSPS) is 12.0. The van der Waals surface area contributed by atoms with E-state index in [4.69, 9.17) is 5.11 Å². The lowest BCUT2D eigenvalue weighted by Crippen LogP contribution is -2.26. The molecule has 6 nitrogen and oxygen atoms in total. The molecule has 0 saturated carbocycles. The smallest absolute Gasteiger partial charge is 0.303 e. The van der Waals surface area contributed by atoms with Gasteiger partial charge in [-0.2, -0.15) is 0 Å². The highest BCUT2D eigenvalue weighted by Gasteiger charge is 2.12. The lowest BCUT2D eigenvalue weighted by Gasteiger charge is -2.06. The van der Waals surface area contributed by atoms with E-state index in [1.54, 1.807) is 0 Å². The molecule has 0 saturated heterocycles. The van der Waals surface area contributed by atoms with E-state index in [2.05, 4.69) is 41.3 Å². The van der Waals surface area contributed by atoms with Gasteiger partial charge in [-0.05, 0) is 43.9 Å². The van der Waals surface area contributed by atoms with Gasteiger partial charge in [0.1, 0.15) is 5.01 Å². The minimum atomic E-state index is -0.855. The number of carboxylic acid groups (broad SMARTS) is 1. The summed E-state index contributed by atoms with van der Waals surface area (Å²) in [5.41, 5.74) is 4.05. The van der Waals surface area contributed by atoms with Crippen molar-refractivity contribution in [3.63, 3.8) is 0 Å². The molecule has 28 heavy (non-hydrogen) atoms. The van der Waals surface area contributed by atoms with E-state index in [0.29, 0.717) is 13.0 Å². The molecule has 0 atom stereocenters. The molecule has 0 aliphatic heterocycles. The number of fused-ring (bicyclic) bond motifs is 1. The van der Waals surface area contributed by atoms with Gasteiger partial charge >= 0.3 is 5.97 Å².